The monoisotopic (exact) mass is 505 g/mol. The van der Waals surface area contributed by atoms with E-state index in [-0.39, 0.29) is 18.6 Å². The zero-order valence-electron chi connectivity index (χ0n) is 18.9. The zero-order chi connectivity index (χ0) is 23.2. The molecule has 2 aromatic rings. The Bertz CT molecular complexity index is 1210. The maximum absolute atomic E-state index is 12.2. The molecule has 0 saturated carbocycles. The van der Waals surface area contributed by atoms with Gasteiger partial charge < -0.3 is 15.4 Å². The molecule has 1 heterocycles. The lowest BCUT2D eigenvalue weighted by molar-refractivity contribution is -0.120. The van der Waals surface area contributed by atoms with E-state index in [2.05, 4.69) is 64.7 Å². The fraction of sp³-hybridized carbons (Fsp3) is 0.259. The van der Waals surface area contributed by atoms with Crippen molar-refractivity contribution in [2.24, 2.45) is 0 Å². The molecule has 2 aliphatic rings. The Kier molecular flexibility index (Phi) is 7.57. The summed E-state index contributed by atoms with van der Waals surface area (Å²) in [6.45, 7) is 4.89. The largest absolute Gasteiger partial charge is 0.377 e. The lowest BCUT2D eigenvalue weighted by Gasteiger charge is -2.16. The molecule has 0 saturated heterocycles. The molecule has 0 radical (unpaired) electrons. The molecule has 1 amide bonds. The molecule has 0 aromatic heterocycles. The van der Waals surface area contributed by atoms with E-state index in [1.165, 1.54) is 5.56 Å². The average molecular weight is 506 g/mol. The first-order valence-electron chi connectivity index (χ1n) is 11.3. The summed E-state index contributed by atoms with van der Waals surface area (Å²) in [6, 6.07) is 22.4. The molecule has 0 fully saturated rings. The van der Waals surface area contributed by atoms with Crippen LogP contribution in [0.15, 0.2) is 71.2 Å². The highest BCUT2D eigenvalue weighted by Crippen LogP contribution is 2.36. The molecule has 2 aromatic carbocycles. The van der Waals surface area contributed by atoms with Crippen molar-refractivity contribution in [2.75, 3.05) is 23.8 Å². The maximum atomic E-state index is 12.2. The number of carbonyl (C=O) groups is 1. The Labute approximate surface area is 203 Å². The quantitative estimate of drug-likeness (QED) is 0.239. The number of rotatable bonds is 9. The smallest absolute Gasteiger partial charge is 0.250 e. The van der Waals surface area contributed by atoms with Crippen LogP contribution in [-0.2, 0) is 9.53 Å². The number of ether oxygens (including phenoxy) is 1. The van der Waals surface area contributed by atoms with Crippen LogP contribution < -0.4 is 10.6 Å². The van der Waals surface area contributed by atoms with E-state index in [0.717, 1.165) is 45.2 Å². The van der Waals surface area contributed by atoms with Crippen LogP contribution in [0.2, 0.25) is 0 Å². The predicted molar refractivity (Wildman–Crippen MR) is 139 cm³/mol. The number of unbranched alkanes of at least 4 members (excludes halogenated alkanes) is 1. The van der Waals surface area contributed by atoms with Crippen LogP contribution in [0.3, 0.4) is 0 Å². The number of nitrogens with zero attached hydrogens (tertiary/aromatic N) is 1. The Morgan fingerprint density at radius 1 is 1.09 bits per heavy atom. The Balaban J connectivity index is 1.57. The lowest BCUT2D eigenvalue weighted by Crippen LogP contribution is -2.18. The molecule has 0 spiro atoms. The summed E-state index contributed by atoms with van der Waals surface area (Å²) in [6.07, 6.45) is 2.00. The van der Waals surface area contributed by atoms with Crippen LogP contribution in [0.1, 0.15) is 38.3 Å². The second kappa shape index (κ2) is 10.8. The van der Waals surface area contributed by atoms with E-state index in [4.69, 9.17) is 9.72 Å². The van der Waals surface area contributed by atoms with Gasteiger partial charge in [0.15, 0.2) is 0 Å². The van der Waals surface area contributed by atoms with Crippen LogP contribution >= 0.6 is 15.9 Å². The lowest BCUT2D eigenvalue weighted by atomic mass is 10.1. The fourth-order valence-corrected chi connectivity index (χ4v) is 4.06. The van der Waals surface area contributed by atoms with Crippen molar-refractivity contribution >= 4 is 44.1 Å². The van der Waals surface area contributed by atoms with E-state index < -0.39 is 0 Å². The van der Waals surface area contributed by atoms with Crippen molar-refractivity contribution in [2.45, 2.75) is 32.7 Å². The normalized spacial score (nSPS) is 12.1. The van der Waals surface area contributed by atoms with Gasteiger partial charge in [-0.3, -0.25) is 4.79 Å². The predicted octanol–water partition coefficient (Wildman–Crippen LogP) is 7.03. The van der Waals surface area contributed by atoms with Gasteiger partial charge in [0.05, 0.1) is 16.9 Å². The van der Waals surface area contributed by atoms with Gasteiger partial charge in [-0.25, -0.2) is 4.98 Å². The summed E-state index contributed by atoms with van der Waals surface area (Å²) in [7, 11) is 0. The molecule has 170 valence electrons. The molecule has 1 unspecified atom stereocenters. The van der Waals surface area contributed by atoms with E-state index >= 15 is 0 Å². The fourth-order valence-electron chi connectivity index (χ4n) is 3.80. The van der Waals surface area contributed by atoms with E-state index in [0.29, 0.717) is 12.3 Å². The van der Waals surface area contributed by atoms with Gasteiger partial charge in [-0.05, 0) is 49.2 Å². The van der Waals surface area contributed by atoms with Crippen molar-refractivity contribution in [1.29, 1.82) is 0 Å². The van der Waals surface area contributed by atoms with Crippen LogP contribution in [-0.4, -0.2) is 24.1 Å². The van der Waals surface area contributed by atoms with Crippen molar-refractivity contribution in [3.8, 4) is 11.3 Å². The molecule has 1 atom stereocenters. The molecule has 4 rings (SSSR count). The number of benzene rings is 2. The minimum atomic E-state index is -0.160. The van der Waals surface area contributed by atoms with Gasteiger partial charge in [0, 0.05) is 33.8 Å². The number of fused-ring (bicyclic) bond motifs is 3. The Hall–Kier alpha value is -2.96. The third kappa shape index (κ3) is 5.70. The summed E-state index contributed by atoms with van der Waals surface area (Å²) in [5.74, 6) is -0.160. The zero-order valence-corrected chi connectivity index (χ0v) is 20.5. The molecule has 1 aliphatic carbocycles. The first-order chi connectivity index (χ1) is 16.0. The average Bonchev–Trinajstić information content (AvgIpc) is 3.03. The van der Waals surface area contributed by atoms with Gasteiger partial charge in [0.25, 0.3) is 0 Å². The number of hydrogen-bond acceptors (Lipinski definition) is 4. The number of aromatic nitrogens is 1. The third-order valence-corrected chi connectivity index (χ3v) is 6.10. The SMILES string of the molecule is CCCCOCC(=O)Nc1cccc2c3cccc(NC(C)c4ccc(Br)cc4)c3nc-2c1. The van der Waals surface area contributed by atoms with Gasteiger partial charge >= 0.3 is 0 Å². The van der Waals surface area contributed by atoms with Crippen molar-refractivity contribution in [3.05, 3.63) is 76.8 Å². The number of anilines is 2. The number of hydrogen-bond donors (Lipinski definition) is 2. The van der Waals surface area contributed by atoms with Crippen molar-refractivity contribution < 1.29 is 9.53 Å². The molecular weight excluding hydrogens is 478 g/mol. The molecule has 6 heteroatoms. The molecule has 2 N–H and O–H groups in total. The Morgan fingerprint density at radius 2 is 1.88 bits per heavy atom. The summed E-state index contributed by atoms with van der Waals surface area (Å²) < 4.78 is 6.49. The Morgan fingerprint density at radius 3 is 2.67 bits per heavy atom. The molecule has 5 nitrogen and oxygen atoms in total. The number of halogens is 1. The van der Waals surface area contributed by atoms with Crippen LogP contribution in [0.4, 0.5) is 11.4 Å². The van der Waals surface area contributed by atoms with Crippen molar-refractivity contribution in [1.82, 2.24) is 4.98 Å². The minimum absolute atomic E-state index is 0.0557. The second-order valence-electron chi connectivity index (χ2n) is 8.11. The number of carbonyl (C=O) groups excluding carboxylic acids is 1. The van der Waals surface area contributed by atoms with Gasteiger partial charge in [-0.15, -0.1) is 0 Å². The molecule has 33 heavy (non-hydrogen) atoms. The van der Waals surface area contributed by atoms with E-state index in [1.807, 2.05) is 42.5 Å². The molecule has 0 bridgehead atoms. The van der Waals surface area contributed by atoms with Crippen molar-refractivity contribution in [3.63, 3.8) is 0 Å². The highest BCUT2D eigenvalue weighted by molar-refractivity contribution is 9.10. The summed E-state index contributed by atoms with van der Waals surface area (Å²) in [4.78, 5) is 17.2. The van der Waals surface area contributed by atoms with Crippen LogP contribution in [0, 0.1) is 0 Å². The van der Waals surface area contributed by atoms with Gasteiger partial charge in [-0.1, -0.05) is 65.7 Å². The summed E-state index contributed by atoms with van der Waals surface area (Å²) in [5, 5.41) is 7.61. The van der Waals surface area contributed by atoms with Crippen LogP contribution in [0.25, 0.3) is 22.2 Å². The van der Waals surface area contributed by atoms with E-state index in [1.54, 1.807) is 0 Å². The van der Waals surface area contributed by atoms with E-state index in [9.17, 15) is 4.79 Å². The first-order valence-corrected chi connectivity index (χ1v) is 12.1. The summed E-state index contributed by atoms with van der Waals surface area (Å²) >= 11 is 3.49. The minimum Gasteiger partial charge on any atom is -0.377 e. The summed E-state index contributed by atoms with van der Waals surface area (Å²) in [5.41, 5.74) is 5.69. The highest BCUT2D eigenvalue weighted by atomic mass is 79.9. The highest BCUT2D eigenvalue weighted by Gasteiger charge is 2.16. The van der Waals surface area contributed by atoms with Gasteiger partial charge in [0.1, 0.15) is 6.61 Å². The van der Waals surface area contributed by atoms with Crippen LogP contribution in [0.5, 0.6) is 0 Å². The standard InChI is InChI=1S/C27H28BrN3O2/c1-3-4-15-33-17-26(32)30-21-7-5-8-22-23-9-6-10-24(27(23)31-25(22)16-21)29-18(2)19-11-13-20(28)14-12-19/h5-14,16,18,29H,3-4,15,17H2,1-2H3,(H,30,32). The first kappa shape index (κ1) is 23.2. The van der Waals surface area contributed by atoms with Gasteiger partial charge in [0.2, 0.25) is 5.91 Å². The third-order valence-electron chi connectivity index (χ3n) is 5.57. The second-order valence-corrected chi connectivity index (χ2v) is 9.03. The number of para-hydroxylation sites is 1. The van der Waals surface area contributed by atoms with Gasteiger partial charge in [-0.2, -0.15) is 0 Å². The molecule has 1 aliphatic heterocycles. The maximum Gasteiger partial charge on any atom is 0.250 e. The topological polar surface area (TPSA) is 63.2 Å². The molecular formula is C27H28BrN3O2. The number of amides is 1. The number of nitrogens with one attached hydrogen (secondary N) is 2.